The zero-order valence-corrected chi connectivity index (χ0v) is 25.8. The van der Waals surface area contributed by atoms with Gasteiger partial charge in [-0.15, -0.1) is 0 Å². The van der Waals surface area contributed by atoms with Gasteiger partial charge in [-0.3, -0.25) is 14.3 Å². The number of anilines is 4. The molecule has 3 aromatic heterocycles. The number of benzene rings is 1. The number of hydrogen-bond acceptors (Lipinski definition) is 14. The molecule has 4 heterocycles. The highest BCUT2D eigenvalue weighted by atomic mass is 35.5. The number of piperazine rings is 1. The molecular formula is C27H30ClN9O6S. The molecule has 0 spiro atoms. The summed E-state index contributed by atoms with van der Waals surface area (Å²) in [6.45, 7) is 8.49. The van der Waals surface area contributed by atoms with Crippen LogP contribution in [0.4, 0.5) is 22.5 Å². The molecule has 1 saturated heterocycles. The van der Waals surface area contributed by atoms with Crippen molar-refractivity contribution in [1.82, 2.24) is 25.0 Å². The van der Waals surface area contributed by atoms with Gasteiger partial charge in [-0.2, -0.15) is 0 Å². The van der Waals surface area contributed by atoms with Gasteiger partial charge in [0.05, 0.1) is 22.1 Å². The van der Waals surface area contributed by atoms with Gasteiger partial charge in [0.2, 0.25) is 5.69 Å². The van der Waals surface area contributed by atoms with E-state index in [9.17, 15) is 14.8 Å². The first kappa shape index (κ1) is 30.9. The number of thiazole rings is 1. The van der Waals surface area contributed by atoms with Crippen molar-refractivity contribution in [2.24, 2.45) is 0 Å². The van der Waals surface area contributed by atoms with Crippen molar-refractivity contribution in [2.45, 2.75) is 20.8 Å². The van der Waals surface area contributed by atoms with Crippen LogP contribution in [-0.2, 0) is 9.53 Å². The number of esters is 1. The van der Waals surface area contributed by atoms with E-state index in [2.05, 4.69) is 45.2 Å². The smallest absolute Gasteiger partial charge is 0.398 e. The first-order valence-electron chi connectivity index (χ1n) is 13.6. The predicted octanol–water partition coefficient (Wildman–Crippen LogP) is 2.87. The fourth-order valence-electron chi connectivity index (χ4n) is 4.36. The van der Waals surface area contributed by atoms with E-state index in [1.807, 2.05) is 32.0 Å². The summed E-state index contributed by atoms with van der Waals surface area (Å²) < 4.78 is 14.8. The Kier molecular flexibility index (Phi) is 9.72. The Morgan fingerprint density at radius 3 is 2.70 bits per heavy atom. The maximum absolute atomic E-state index is 12.8. The van der Waals surface area contributed by atoms with Crippen LogP contribution in [0.5, 0.6) is 5.88 Å². The number of rotatable bonds is 11. The quantitative estimate of drug-likeness (QED) is 0.180. The lowest BCUT2D eigenvalue weighted by atomic mass is 10.2. The average Bonchev–Trinajstić information content (AvgIpc) is 3.60. The molecule has 5 rings (SSSR count). The number of nitrogens with one attached hydrogen (secondary N) is 2. The number of carbonyl (C=O) groups excluding carboxylic acids is 2. The number of aromatic nitrogens is 5. The van der Waals surface area contributed by atoms with Crippen LogP contribution in [-0.4, -0.2) is 82.8 Å². The van der Waals surface area contributed by atoms with Crippen molar-refractivity contribution in [3.8, 4) is 5.88 Å². The van der Waals surface area contributed by atoms with Crippen LogP contribution in [0, 0.1) is 26.0 Å². The number of halogens is 1. The molecule has 1 fully saturated rings. The fraction of sp³-hybridized carbons (Fsp3) is 0.370. The predicted molar refractivity (Wildman–Crippen MR) is 162 cm³/mol. The van der Waals surface area contributed by atoms with E-state index in [1.54, 1.807) is 6.07 Å². The minimum absolute atomic E-state index is 0.0464. The van der Waals surface area contributed by atoms with Crippen LogP contribution in [0.1, 0.15) is 26.8 Å². The monoisotopic (exact) mass is 643 g/mol. The summed E-state index contributed by atoms with van der Waals surface area (Å²) in [5, 5.41) is 21.7. The second-order valence-electron chi connectivity index (χ2n) is 9.86. The second kappa shape index (κ2) is 13.8. The molecule has 1 aliphatic heterocycles. The summed E-state index contributed by atoms with van der Waals surface area (Å²) in [6.07, 6.45) is 1.51. The summed E-state index contributed by atoms with van der Waals surface area (Å²) in [6, 6.07) is 7.28. The molecule has 0 bridgehead atoms. The number of hydrogen-bond donors (Lipinski definition) is 2. The highest BCUT2D eigenvalue weighted by Crippen LogP contribution is 2.28. The molecule has 0 saturated carbocycles. The van der Waals surface area contributed by atoms with E-state index in [-0.39, 0.29) is 35.6 Å². The van der Waals surface area contributed by atoms with Crippen LogP contribution in [0.25, 0.3) is 0 Å². The van der Waals surface area contributed by atoms with E-state index in [0.717, 1.165) is 37.6 Å². The van der Waals surface area contributed by atoms with Gasteiger partial charge in [0, 0.05) is 45.7 Å². The summed E-state index contributed by atoms with van der Waals surface area (Å²) in [4.78, 5) is 43.2. The first-order valence-corrected chi connectivity index (χ1v) is 14.8. The SMILES string of the molecule is Cc1nc(Nc2ncc(C(=O)Nc3c(C)cccc3Cl)s2)cc(N2CCN(CCOC(=O)COc3no[n+]([O-])c3C)CC2)n1. The molecule has 1 aliphatic rings. The number of ether oxygens (including phenoxy) is 2. The molecule has 2 N–H and O–H groups in total. The van der Waals surface area contributed by atoms with Crippen LogP contribution in [0.2, 0.25) is 5.02 Å². The number of nitrogens with zero attached hydrogens (tertiary/aromatic N) is 7. The van der Waals surface area contributed by atoms with E-state index in [1.165, 1.54) is 24.5 Å². The molecule has 15 nitrogen and oxygen atoms in total. The Morgan fingerprint density at radius 2 is 1.98 bits per heavy atom. The number of para-hydroxylation sites is 1. The van der Waals surface area contributed by atoms with Crippen molar-refractivity contribution in [1.29, 1.82) is 0 Å². The average molecular weight is 644 g/mol. The zero-order chi connectivity index (χ0) is 31.2. The third-order valence-corrected chi connectivity index (χ3v) is 7.95. The lowest BCUT2D eigenvalue weighted by Gasteiger charge is -2.35. The fourth-order valence-corrected chi connectivity index (χ4v) is 5.35. The molecule has 44 heavy (non-hydrogen) atoms. The molecule has 232 valence electrons. The maximum atomic E-state index is 12.8. The molecule has 0 radical (unpaired) electrons. The summed E-state index contributed by atoms with van der Waals surface area (Å²) in [7, 11) is 0. The largest absolute Gasteiger partial charge is 0.462 e. The number of amides is 1. The second-order valence-corrected chi connectivity index (χ2v) is 11.3. The van der Waals surface area contributed by atoms with Crippen LogP contribution < -0.4 is 25.2 Å². The van der Waals surface area contributed by atoms with Crippen molar-refractivity contribution in [3.63, 3.8) is 0 Å². The van der Waals surface area contributed by atoms with Crippen LogP contribution >= 0.6 is 22.9 Å². The Hall–Kier alpha value is -4.54. The molecule has 0 atom stereocenters. The number of aryl methyl sites for hydroxylation is 2. The van der Waals surface area contributed by atoms with E-state index in [0.29, 0.717) is 38.9 Å². The van der Waals surface area contributed by atoms with Crippen LogP contribution in [0.3, 0.4) is 0 Å². The Bertz CT molecular complexity index is 1620. The third-order valence-electron chi connectivity index (χ3n) is 6.72. The van der Waals surface area contributed by atoms with Crippen molar-refractivity contribution in [3.05, 3.63) is 62.7 Å². The van der Waals surface area contributed by atoms with Crippen molar-refractivity contribution < 1.29 is 28.6 Å². The minimum Gasteiger partial charge on any atom is -0.462 e. The highest BCUT2D eigenvalue weighted by molar-refractivity contribution is 7.17. The lowest BCUT2D eigenvalue weighted by molar-refractivity contribution is -0.806. The normalized spacial score (nSPS) is 13.5. The molecule has 0 unspecified atom stereocenters. The first-order chi connectivity index (χ1) is 21.2. The van der Waals surface area contributed by atoms with Gasteiger partial charge in [-0.1, -0.05) is 35.1 Å². The molecule has 1 amide bonds. The Morgan fingerprint density at radius 1 is 1.18 bits per heavy atom. The summed E-state index contributed by atoms with van der Waals surface area (Å²) >= 11 is 7.45. The molecule has 1 aromatic carbocycles. The van der Waals surface area contributed by atoms with Gasteiger partial charge >= 0.3 is 11.8 Å². The van der Waals surface area contributed by atoms with Gasteiger partial charge < -0.3 is 30.2 Å². The summed E-state index contributed by atoms with van der Waals surface area (Å²) in [5.41, 5.74) is 1.56. The Labute approximate surface area is 261 Å². The standard InChI is InChI=1S/C27H30ClN9O6S/c1-16-5-4-6-19(28)24(16)33-25(39)20-14-29-27(44-20)32-21-13-22(31-18(3)30-21)36-9-7-35(8-10-36)11-12-41-23(38)15-42-26-17(2)37(40)43-34-26/h4-6,13-14H,7-12,15H2,1-3H3,(H,33,39)(H,29,30,31,32). The maximum Gasteiger partial charge on any atom is 0.398 e. The molecule has 4 aromatic rings. The number of carbonyl (C=O) groups is 2. The van der Waals surface area contributed by atoms with Crippen molar-refractivity contribution >= 4 is 57.3 Å². The molecule has 17 heteroatoms. The topological polar surface area (TPSA) is 175 Å². The van der Waals surface area contributed by atoms with Crippen LogP contribution in [0.15, 0.2) is 35.1 Å². The van der Waals surface area contributed by atoms with Gasteiger partial charge in [0.1, 0.15) is 28.9 Å². The minimum atomic E-state index is -0.566. The van der Waals surface area contributed by atoms with Gasteiger partial charge in [0.15, 0.2) is 11.7 Å². The highest BCUT2D eigenvalue weighted by Gasteiger charge is 2.21. The molecule has 0 aliphatic carbocycles. The lowest BCUT2D eigenvalue weighted by Crippen LogP contribution is -2.47. The van der Waals surface area contributed by atoms with E-state index < -0.39 is 5.97 Å². The van der Waals surface area contributed by atoms with E-state index >= 15 is 0 Å². The zero-order valence-electron chi connectivity index (χ0n) is 24.2. The van der Waals surface area contributed by atoms with Gasteiger partial charge in [0.25, 0.3) is 5.91 Å². The third kappa shape index (κ3) is 7.69. The van der Waals surface area contributed by atoms with E-state index in [4.69, 9.17) is 21.1 Å². The van der Waals surface area contributed by atoms with Gasteiger partial charge in [-0.25, -0.2) is 19.7 Å². The Balaban J connectivity index is 1.08. The summed E-state index contributed by atoms with van der Waals surface area (Å²) in [5.74, 6) is 1.02. The molecular weight excluding hydrogens is 614 g/mol. The van der Waals surface area contributed by atoms with Gasteiger partial charge in [-0.05, 0) is 30.4 Å². The van der Waals surface area contributed by atoms with Crippen molar-refractivity contribution in [2.75, 3.05) is 61.5 Å².